The highest BCUT2D eigenvalue weighted by Crippen LogP contribution is 2.41. The Hall–Kier alpha value is -7.94. The second-order valence-electron chi connectivity index (χ2n) is 15.7. The zero-order chi connectivity index (χ0) is 39.6. The molecule has 60 heavy (non-hydrogen) atoms. The maximum atomic E-state index is 6.25. The summed E-state index contributed by atoms with van der Waals surface area (Å²) in [5.41, 5.74) is 12.1. The summed E-state index contributed by atoms with van der Waals surface area (Å²) in [5.74, 6) is 0. The Bertz CT molecular complexity index is 3570. The minimum atomic E-state index is 0.902. The number of para-hydroxylation sites is 1. The topological polar surface area (TPSA) is 16.4 Å². The van der Waals surface area contributed by atoms with Crippen LogP contribution < -0.4 is 4.90 Å². The van der Waals surface area contributed by atoms with Crippen molar-refractivity contribution in [3.05, 3.63) is 224 Å². The molecule has 0 unspecified atom stereocenters. The van der Waals surface area contributed by atoms with Crippen LogP contribution in [-0.2, 0) is 0 Å². The van der Waals surface area contributed by atoms with Gasteiger partial charge < -0.3 is 9.32 Å². The van der Waals surface area contributed by atoms with Crippen LogP contribution in [0.5, 0.6) is 0 Å². The van der Waals surface area contributed by atoms with E-state index >= 15 is 0 Å². The molecule has 0 saturated carbocycles. The number of hydrogen-bond acceptors (Lipinski definition) is 2. The van der Waals surface area contributed by atoms with Gasteiger partial charge in [-0.15, -0.1) is 0 Å². The summed E-state index contributed by atoms with van der Waals surface area (Å²) in [6, 6.07) is 81.3. The predicted octanol–water partition coefficient (Wildman–Crippen LogP) is 16.7. The first-order chi connectivity index (χ1) is 29.7. The molecule has 12 rings (SSSR count). The summed E-state index contributed by atoms with van der Waals surface area (Å²) in [4.78, 5) is 2.35. The van der Waals surface area contributed by atoms with Gasteiger partial charge in [-0.3, -0.25) is 0 Å². The lowest BCUT2D eigenvalue weighted by atomic mass is 9.91. The summed E-state index contributed by atoms with van der Waals surface area (Å²) in [5, 5.41) is 12.5. The van der Waals surface area contributed by atoms with Gasteiger partial charge in [-0.2, -0.15) is 0 Å². The van der Waals surface area contributed by atoms with Crippen LogP contribution in [0.2, 0.25) is 0 Å². The molecule has 0 saturated heterocycles. The molecule has 0 aliphatic heterocycles. The second kappa shape index (κ2) is 13.9. The Kier molecular flexibility index (Phi) is 7.89. The van der Waals surface area contributed by atoms with Crippen LogP contribution in [0.1, 0.15) is 0 Å². The standard InChI is InChI=1S/C58H37NO/c1-2-9-38(10-3-1)45-12-8-13-50(35-45)59(49-32-27-40(28-33-49)47-29-34-53-52-15-6-7-16-55(52)60-56(53)37-47)48-30-25-39(26-31-48)46-24-19-42-18-21-44-23-22-43-20-17-41-11-4-5-14-51(41)57(43)58(44)54(42)36-46/h1-37H. The molecule has 1 aromatic heterocycles. The maximum absolute atomic E-state index is 6.25. The van der Waals surface area contributed by atoms with E-state index in [0.717, 1.165) is 50.1 Å². The first-order valence-electron chi connectivity index (χ1n) is 20.6. The van der Waals surface area contributed by atoms with E-state index in [-0.39, 0.29) is 0 Å². The molecular weight excluding hydrogens is 727 g/mol. The van der Waals surface area contributed by atoms with Crippen molar-refractivity contribution in [1.82, 2.24) is 0 Å². The van der Waals surface area contributed by atoms with E-state index < -0.39 is 0 Å². The second-order valence-corrected chi connectivity index (χ2v) is 15.7. The molecule has 12 aromatic rings. The van der Waals surface area contributed by atoms with Crippen molar-refractivity contribution in [2.45, 2.75) is 0 Å². The third kappa shape index (κ3) is 5.73. The first kappa shape index (κ1) is 34.1. The fraction of sp³-hybridized carbons (Fsp3) is 0. The Balaban J connectivity index is 0.952. The van der Waals surface area contributed by atoms with E-state index in [1.807, 2.05) is 12.1 Å². The zero-order valence-corrected chi connectivity index (χ0v) is 32.7. The number of hydrogen-bond donors (Lipinski definition) is 0. The molecule has 1 heterocycles. The molecule has 0 spiro atoms. The maximum Gasteiger partial charge on any atom is 0.136 e. The summed E-state index contributed by atoms with van der Waals surface area (Å²) in [7, 11) is 0. The third-order valence-corrected chi connectivity index (χ3v) is 12.2. The Morgan fingerprint density at radius 1 is 0.250 bits per heavy atom. The van der Waals surface area contributed by atoms with E-state index in [2.05, 4.69) is 217 Å². The lowest BCUT2D eigenvalue weighted by Crippen LogP contribution is -2.10. The SMILES string of the molecule is c1ccc(-c2cccc(N(c3ccc(-c4ccc5c(c4)oc4ccccc45)cc3)c3ccc(-c4ccc5ccc6ccc7ccc8ccccc8c7c6c5c4)cc3)c2)cc1. The fourth-order valence-corrected chi connectivity index (χ4v) is 9.23. The molecule has 2 nitrogen and oxygen atoms in total. The highest BCUT2D eigenvalue weighted by Gasteiger charge is 2.16. The number of furan rings is 1. The van der Waals surface area contributed by atoms with Crippen LogP contribution in [0.4, 0.5) is 17.1 Å². The van der Waals surface area contributed by atoms with Gasteiger partial charge in [0.2, 0.25) is 0 Å². The predicted molar refractivity (Wildman–Crippen MR) is 255 cm³/mol. The number of rotatable bonds is 6. The van der Waals surface area contributed by atoms with Crippen LogP contribution in [0, 0.1) is 0 Å². The van der Waals surface area contributed by atoms with Crippen LogP contribution in [0.15, 0.2) is 229 Å². The van der Waals surface area contributed by atoms with Gasteiger partial charge in [-0.05, 0) is 137 Å². The lowest BCUT2D eigenvalue weighted by molar-refractivity contribution is 0.669. The molecule has 2 heteroatoms. The van der Waals surface area contributed by atoms with Gasteiger partial charge in [-0.1, -0.05) is 164 Å². The van der Waals surface area contributed by atoms with Crippen molar-refractivity contribution >= 4 is 82.1 Å². The smallest absolute Gasteiger partial charge is 0.136 e. The zero-order valence-electron chi connectivity index (χ0n) is 32.7. The number of nitrogens with zero attached hydrogens (tertiary/aromatic N) is 1. The molecule has 0 radical (unpaired) electrons. The average molecular weight is 764 g/mol. The van der Waals surface area contributed by atoms with Crippen molar-refractivity contribution in [1.29, 1.82) is 0 Å². The normalized spacial score (nSPS) is 11.7. The molecule has 0 bridgehead atoms. The average Bonchev–Trinajstić information content (AvgIpc) is 3.70. The fourth-order valence-electron chi connectivity index (χ4n) is 9.23. The van der Waals surface area contributed by atoms with Gasteiger partial charge in [0.05, 0.1) is 0 Å². The number of benzene rings is 11. The van der Waals surface area contributed by atoms with Crippen molar-refractivity contribution in [2.24, 2.45) is 0 Å². The monoisotopic (exact) mass is 763 g/mol. The van der Waals surface area contributed by atoms with Crippen LogP contribution >= 0.6 is 0 Å². The van der Waals surface area contributed by atoms with E-state index in [1.54, 1.807) is 0 Å². The van der Waals surface area contributed by atoms with Gasteiger partial charge in [0.1, 0.15) is 11.2 Å². The van der Waals surface area contributed by atoms with Crippen LogP contribution in [0.25, 0.3) is 98.4 Å². The van der Waals surface area contributed by atoms with E-state index in [9.17, 15) is 0 Å². The Morgan fingerprint density at radius 3 is 1.47 bits per heavy atom. The van der Waals surface area contributed by atoms with Crippen molar-refractivity contribution in [3.63, 3.8) is 0 Å². The Morgan fingerprint density at radius 2 is 0.733 bits per heavy atom. The Labute approximate surface area is 347 Å². The molecule has 280 valence electrons. The minimum Gasteiger partial charge on any atom is -0.456 e. The quantitative estimate of drug-likeness (QED) is 0.157. The van der Waals surface area contributed by atoms with Crippen molar-refractivity contribution in [2.75, 3.05) is 4.90 Å². The largest absolute Gasteiger partial charge is 0.456 e. The molecule has 0 fully saturated rings. The molecule has 11 aromatic carbocycles. The summed E-state index contributed by atoms with van der Waals surface area (Å²) >= 11 is 0. The molecule has 0 amide bonds. The van der Waals surface area contributed by atoms with Crippen molar-refractivity contribution in [3.8, 4) is 33.4 Å². The first-order valence-corrected chi connectivity index (χ1v) is 20.6. The highest BCUT2D eigenvalue weighted by molar-refractivity contribution is 6.27. The lowest BCUT2D eigenvalue weighted by Gasteiger charge is -2.26. The van der Waals surface area contributed by atoms with E-state index in [0.29, 0.717) is 0 Å². The van der Waals surface area contributed by atoms with Gasteiger partial charge in [0.15, 0.2) is 0 Å². The van der Waals surface area contributed by atoms with E-state index in [4.69, 9.17) is 4.42 Å². The number of anilines is 3. The van der Waals surface area contributed by atoms with Crippen molar-refractivity contribution < 1.29 is 4.42 Å². The highest BCUT2D eigenvalue weighted by atomic mass is 16.3. The molecule has 0 aliphatic carbocycles. The number of fused-ring (bicyclic) bond motifs is 10. The van der Waals surface area contributed by atoms with Gasteiger partial charge in [-0.25, -0.2) is 0 Å². The molecular formula is C58H37NO. The summed E-state index contributed by atoms with van der Waals surface area (Å²) in [6.45, 7) is 0. The van der Waals surface area contributed by atoms with Gasteiger partial charge in [0.25, 0.3) is 0 Å². The molecule has 0 atom stereocenters. The summed E-state index contributed by atoms with van der Waals surface area (Å²) in [6.07, 6.45) is 0. The van der Waals surface area contributed by atoms with Crippen LogP contribution in [-0.4, -0.2) is 0 Å². The minimum absolute atomic E-state index is 0.902. The summed E-state index contributed by atoms with van der Waals surface area (Å²) < 4.78 is 6.25. The van der Waals surface area contributed by atoms with E-state index in [1.165, 1.54) is 65.3 Å². The molecule has 0 aliphatic rings. The molecule has 0 N–H and O–H groups in total. The van der Waals surface area contributed by atoms with Crippen LogP contribution in [0.3, 0.4) is 0 Å². The van der Waals surface area contributed by atoms with Gasteiger partial charge in [0, 0.05) is 27.8 Å². The third-order valence-electron chi connectivity index (χ3n) is 12.2. The van der Waals surface area contributed by atoms with Gasteiger partial charge >= 0.3 is 0 Å².